The molecule has 0 aromatic rings. The van der Waals surface area contributed by atoms with Crippen LogP contribution in [0.15, 0.2) is 170 Å². The summed E-state index contributed by atoms with van der Waals surface area (Å²) in [5.74, 6) is -1.12. The Morgan fingerprint density at radius 2 is 0.573 bits per heavy atom. The van der Waals surface area contributed by atoms with Crippen molar-refractivity contribution in [3.05, 3.63) is 170 Å². The van der Waals surface area contributed by atoms with E-state index in [2.05, 4.69) is 179 Å². The van der Waals surface area contributed by atoms with Gasteiger partial charge in [-0.3, -0.25) is 14.4 Å². The van der Waals surface area contributed by atoms with Gasteiger partial charge in [0, 0.05) is 12.8 Å². The molecule has 0 aromatic heterocycles. The number of unbranched alkanes of at least 4 members (excludes halogenated alkanes) is 13. The maximum Gasteiger partial charge on any atom is 0.309 e. The van der Waals surface area contributed by atoms with Crippen LogP contribution in [0.25, 0.3) is 0 Å². The molecule has 0 saturated carbocycles. The van der Waals surface area contributed by atoms with Crippen LogP contribution < -0.4 is 0 Å². The Labute approximate surface area is 460 Å². The highest BCUT2D eigenvalue weighted by Crippen LogP contribution is 2.13. The molecule has 0 heterocycles. The second-order valence-electron chi connectivity index (χ2n) is 18.8. The molecule has 1 atom stereocenters. The molecule has 0 aliphatic rings. The van der Waals surface area contributed by atoms with E-state index in [1.807, 2.05) is 6.08 Å². The lowest BCUT2D eigenvalue weighted by molar-refractivity contribution is -0.166. The first kappa shape index (κ1) is 69.8. The molecule has 0 spiro atoms. The first-order valence-corrected chi connectivity index (χ1v) is 29.6. The molecule has 0 amide bonds. The van der Waals surface area contributed by atoms with Crippen LogP contribution in [0.5, 0.6) is 0 Å². The largest absolute Gasteiger partial charge is 0.462 e. The summed E-state index contributed by atoms with van der Waals surface area (Å²) in [6.07, 6.45) is 90.8. The van der Waals surface area contributed by atoms with Gasteiger partial charge in [-0.05, 0) is 135 Å². The van der Waals surface area contributed by atoms with Crippen LogP contribution in [0.2, 0.25) is 0 Å². The maximum absolute atomic E-state index is 12.9. The highest BCUT2D eigenvalue weighted by atomic mass is 16.6. The van der Waals surface area contributed by atoms with Crippen molar-refractivity contribution in [1.29, 1.82) is 0 Å². The van der Waals surface area contributed by atoms with E-state index in [4.69, 9.17) is 14.2 Å². The molecule has 6 heteroatoms. The van der Waals surface area contributed by atoms with E-state index in [1.165, 1.54) is 44.9 Å². The predicted octanol–water partition coefficient (Wildman–Crippen LogP) is 20.3. The Bertz CT molecular complexity index is 1750. The molecular weight excluding hydrogens is 925 g/mol. The number of rotatable bonds is 51. The Morgan fingerprint density at radius 1 is 0.293 bits per heavy atom. The van der Waals surface area contributed by atoms with E-state index in [-0.39, 0.29) is 38.0 Å². The van der Waals surface area contributed by atoms with Crippen LogP contribution in [-0.4, -0.2) is 37.2 Å². The first-order valence-electron chi connectivity index (χ1n) is 29.6. The van der Waals surface area contributed by atoms with Crippen molar-refractivity contribution in [2.75, 3.05) is 13.2 Å². The van der Waals surface area contributed by atoms with Gasteiger partial charge >= 0.3 is 17.9 Å². The summed E-state index contributed by atoms with van der Waals surface area (Å²) >= 11 is 0. The normalized spacial score (nSPS) is 13.4. The number of esters is 3. The Morgan fingerprint density at radius 3 is 0.947 bits per heavy atom. The highest BCUT2D eigenvalue weighted by molar-refractivity contribution is 5.72. The number of carbonyl (C=O) groups is 3. The third-order valence-electron chi connectivity index (χ3n) is 11.7. The lowest BCUT2D eigenvalue weighted by Crippen LogP contribution is -2.30. The molecule has 0 saturated heterocycles. The molecule has 0 aliphatic heterocycles. The zero-order chi connectivity index (χ0) is 54.3. The lowest BCUT2D eigenvalue weighted by Gasteiger charge is -2.18. The number of allylic oxidation sites excluding steroid dienone is 27. The van der Waals surface area contributed by atoms with Crippen molar-refractivity contribution in [2.24, 2.45) is 0 Å². The van der Waals surface area contributed by atoms with Crippen LogP contribution in [0.4, 0.5) is 0 Å². The quantitative estimate of drug-likeness (QED) is 0.0261. The van der Waals surface area contributed by atoms with Gasteiger partial charge in [-0.15, -0.1) is 0 Å². The van der Waals surface area contributed by atoms with E-state index in [1.54, 1.807) is 6.08 Å². The van der Waals surface area contributed by atoms with Gasteiger partial charge in [-0.1, -0.05) is 242 Å². The molecule has 75 heavy (non-hydrogen) atoms. The SMILES string of the molecule is CC/C=C\C/C=C\C/C=C\C/C=C\C/C=C\C/C=C\C/C=C\CCCCCC(=O)OCC(COC(=O)C/C=C\C/C=C\C/C=C\C/C=C\C/C=C\CC)OC(=O)CCCCCCCCC/C=C\C/C=C\CCCCC. The van der Waals surface area contributed by atoms with Gasteiger partial charge in [0.15, 0.2) is 6.10 Å². The third kappa shape index (κ3) is 59.5. The Hall–Kier alpha value is -5.23. The molecular formula is C69H106O6. The van der Waals surface area contributed by atoms with Gasteiger partial charge in [0.25, 0.3) is 0 Å². The minimum Gasteiger partial charge on any atom is -0.462 e. The molecule has 418 valence electrons. The fraction of sp³-hybridized carbons (Fsp3) is 0.551. The molecule has 6 nitrogen and oxygen atoms in total. The fourth-order valence-electron chi connectivity index (χ4n) is 7.35. The van der Waals surface area contributed by atoms with Crippen molar-refractivity contribution >= 4 is 17.9 Å². The molecule has 0 aromatic carbocycles. The van der Waals surface area contributed by atoms with E-state index in [0.717, 1.165) is 141 Å². The number of ether oxygens (including phenoxy) is 3. The van der Waals surface area contributed by atoms with Gasteiger partial charge in [-0.25, -0.2) is 0 Å². The standard InChI is InChI=1S/C69H106O6/c1-4-7-10-13-16-19-22-25-28-30-31-32-33-34-35-36-37-39-41-44-47-50-53-56-59-62-68(71)74-65-66(64-73-67(70)61-58-55-52-49-46-43-40-27-24-21-18-15-12-9-6-3)75-69(72)63-60-57-54-51-48-45-42-38-29-26-23-20-17-14-11-8-5-2/h7,9-10,12,16-21,25-29,31-32,34-35,37,39-40,44,46-47,49,55,58,66H,4-6,8,11,13-15,22-24,30,33,36,38,41-43,45,48,50-54,56-57,59-65H2,1-3H3/b10-7-,12-9-,19-16-,20-17-,21-18-,28-25-,29-26-,32-31-,35-34-,39-37-,40-27-,47-44-,49-46-,58-55-. The smallest absolute Gasteiger partial charge is 0.309 e. The van der Waals surface area contributed by atoms with Crippen molar-refractivity contribution < 1.29 is 28.6 Å². The van der Waals surface area contributed by atoms with Gasteiger partial charge in [-0.2, -0.15) is 0 Å². The molecule has 0 N–H and O–H groups in total. The molecule has 0 aliphatic carbocycles. The van der Waals surface area contributed by atoms with Gasteiger partial charge in [0.2, 0.25) is 0 Å². The third-order valence-corrected chi connectivity index (χ3v) is 11.7. The molecule has 0 rings (SSSR count). The summed E-state index contributed by atoms with van der Waals surface area (Å²) < 4.78 is 16.7. The van der Waals surface area contributed by atoms with E-state index >= 15 is 0 Å². The van der Waals surface area contributed by atoms with Crippen LogP contribution >= 0.6 is 0 Å². The molecule has 0 fully saturated rings. The van der Waals surface area contributed by atoms with Crippen molar-refractivity contribution in [3.63, 3.8) is 0 Å². The van der Waals surface area contributed by atoms with E-state index in [0.29, 0.717) is 6.42 Å². The monoisotopic (exact) mass is 1030 g/mol. The molecule has 0 radical (unpaired) electrons. The topological polar surface area (TPSA) is 78.9 Å². The number of hydrogen-bond acceptors (Lipinski definition) is 6. The molecule has 1 unspecified atom stereocenters. The van der Waals surface area contributed by atoms with Crippen LogP contribution in [-0.2, 0) is 28.6 Å². The summed E-state index contributed by atoms with van der Waals surface area (Å²) in [6, 6.07) is 0. The summed E-state index contributed by atoms with van der Waals surface area (Å²) in [4.78, 5) is 38.2. The molecule has 0 bridgehead atoms. The van der Waals surface area contributed by atoms with Crippen LogP contribution in [0.3, 0.4) is 0 Å². The minimum absolute atomic E-state index is 0.110. The van der Waals surface area contributed by atoms with Gasteiger partial charge < -0.3 is 14.2 Å². The van der Waals surface area contributed by atoms with Crippen molar-refractivity contribution in [1.82, 2.24) is 0 Å². The summed E-state index contributed by atoms with van der Waals surface area (Å²) in [5, 5.41) is 0. The summed E-state index contributed by atoms with van der Waals surface area (Å²) in [6.45, 7) is 6.24. The number of hydrogen-bond donors (Lipinski definition) is 0. The van der Waals surface area contributed by atoms with Gasteiger partial charge in [0.1, 0.15) is 13.2 Å². The fourth-order valence-corrected chi connectivity index (χ4v) is 7.35. The van der Waals surface area contributed by atoms with Crippen molar-refractivity contribution in [3.8, 4) is 0 Å². The average molecular weight is 1030 g/mol. The van der Waals surface area contributed by atoms with Crippen LogP contribution in [0, 0.1) is 0 Å². The highest BCUT2D eigenvalue weighted by Gasteiger charge is 2.19. The summed E-state index contributed by atoms with van der Waals surface area (Å²) in [7, 11) is 0. The zero-order valence-electron chi connectivity index (χ0n) is 47.7. The predicted molar refractivity (Wildman–Crippen MR) is 325 cm³/mol. The van der Waals surface area contributed by atoms with Crippen molar-refractivity contribution in [2.45, 2.75) is 232 Å². The lowest BCUT2D eigenvalue weighted by atomic mass is 10.1. The van der Waals surface area contributed by atoms with Crippen LogP contribution in [0.1, 0.15) is 226 Å². The zero-order valence-corrected chi connectivity index (χ0v) is 47.7. The van der Waals surface area contributed by atoms with E-state index < -0.39 is 12.1 Å². The Balaban J connectivity index is 4.57. The van der Waals surface area contributed by atoms with Gasteiger partial charge in [0.05, 0.1) is 6.42 Å². The maximum atomic E-state index is 12.9. The average Bonchev–Trinajstić information content (AvgIpc) is 3.41. The van der Waals surface area contributed by atoms with E-state index in [9.17, 15) is 14.4 Å². The second kappa shape index (κ2) is 61.3. The second-order valence-corrected chi connectivity index (χ2v) is 18.8. The summed E-state index contributed by atoms with van der Waals surface area (Å²) in [5.41, 5.74) is 0. The first-order chi connectivity index (χ1) is 37.0. The number of carbonyl (C=O) groups excluding carboxylic acids is 3. The Kier molecular flexibility index (Phi) is 57.0. The minimum atomic E-state index is -0.846.